The lowest BCUT2D eigenvalue weighted by atomic mass is 9.86. The van der Waals surface area contributed by atoms with Gasteiger partial charge >= 0.3 is 0 Å². The summed E-state index contributed by atoms with van der Waals surface area (Å²) in [5.41, 5.74) is 0. The van der Waals surface area contributed by atoms with Gasteiger partial charge in [-0.3, -0.25) is 4.99 Å². The number of nitrogens with one attached hydrogen (secondary N) is 2. The van der Waals surface area contributed by atoms with Crippen molar-refractivity contribution < 1.29 is 0 Å². The predicted octanol–water partition coefficient (Wildman–Crippen LogP) is 4.08. The Morgan fingerprint density at radius 2 is 1.89 bits per heavy atom. The van der Waals surface area contributed by atoms with Gasteiger partial charge in [-0.1, -0.05) is 38.5 Å². The molecule has 1 aliphatic heterocycles. The number of aliphatic imine (C=N–C) groups is 1. The fourth-order valence-corrected chi connectivity index (χ4v) is 4.41. The van der Waals surface area contributed by atoms with Gasteiger partial charge in [0.2, 0.25) is 0 Å². The topological polar surface area (TPSA) is 67.1 Å². The van der Waals surface area contributed by atoms with Gasteiger partial charge in [0.25, 0.3) is 0 Å². The summed E-state index contributed by atoms with van der Waals surface area (Å²) >= 11 is 0. The molecule has 1 aromatic rings. The van der Waals surface area contributed by atoms with E-state index in [9.17, 15) is 0 Å². The molecule has 1 aromatic heterocycles. The maximum atomic E-state index is 4.77. The van der Waals surface area contributed by atoms with E-state index in [4.69, 9.17) is 4.99 Å². The Morgan fingerprint density at radius 1 is 1.07 bits per heavy atom. The van der Waals surface area contributed by atoms with Crippen molar-refractivity contribution in [2.45, 2.75) is 90.5 Å². The Hall–Kier alpha value is -0.860. The first-order valence-electron chi connectivity index (χ1n) is 11.3. The lowest BCUT2D eigenvalue weighted by molar-refractivity contribution is 0.334. The number of hydrogen-bond donors (Lipinski definition) is 2. The smallest absolute Gasteiger partial charge is 0.191 e. The number of rotatable bonds is 8. The summed E-state index contributed by atoms with van der Waals surface area (Å²) in [6.45, 7) is 5.87. The average Bonchev–Trinajstić information content (AvgIpc) is 2.92. The number of aryl methyl sites for hydroxylation is 1. The van der Waals surface area contributed by atoms with Gasteiger partial charge in [0.1, 0.15) is 11.6 Å². The first-order chi connectivity index (χ1) is 13.4. The number of aromatic nitrogens is 3. The van der Waals surface area contributed by atoms with Crippen LogP contribution in [0.1, 0.15) is 82.8 Å². The summed E-state index contributed by atoms with van der Waals surface area (Å²) in [4.78, 5) is 4.77. The second kappa shape index (κ2) is 13.4. The van der Waals surface area contributed by atoms with Crippen LogP contribution in [-0.4, -0.2) is 40.4 Å². The quantitative estimate of drug-likeness (QED) is 0.243. The molecule has 1 aliphatic carbocycles. The second-order valence-corrected chi connectivity index (χ2v) is 8.08. The van der Waals surface area contributed by atoms with E-state index in [1.807, 2.05) is 0 Å². The molecule has 3 rings (SSSR count). The Morgan fingerprint density at radius 3 is 2.71 bits per heavy atom. The lowest BCUT2D eigenvalue weighted by Crippen LogP contribution is -2.38. The van der Waals surface area contributed by atoms with Crippen LogP contribution in [0.4, 0.5) is 0 Å². The minimum Gasteiger partial charge on any atom is -0.357 e. The molecular formula is C21H39IN6. The second-order valence-electron chi connectivity index (χ2n) is 8.08. The number of hydrogen-bond acceptors (Lipinski definition) is 3. The molecule has 0 unspecified atom stereocenters. The summed E-state index contributed by atoms with van der Waals surface area (Å²) in [6.07, 6.45) is 15.5. The molecule has 7 heteroatoms. The molecule has 0 bridgehead atoms. The molecule has 28 heavy (non-hydrogen) atoms. The Kier molecular flexibility index (Phi) is 11.2. The summed E-state index contributed by atoms with van der Waals surface area (Å²) in [5.74, 6) is 4.18. The molecule has 0 spiro atoms. The molecule has 1 fully saturated rings. The van der Waals surface area contributed by atoms with Gasteiger partial charge in [-0.25, -0.2) is 0 Å². The van der Waals surface area contributed by atoms with Crippen molar-refractivity contribution in [2.24, 2.45) is 10.9 Å². The van der Waals surface area contributed by atoms with Crippen molar-refractivity contribution >= 4 is 29.9 Å². The third kappa shape index (κ3) is 7.52. The molecule has 6 nitrogen and oxygen atoms in total. The van der Waals surface area contributed by atoms with Crippen LogP contribution in [0.25, 0.3) is 0 Å². The first kappa shape index (κ1) is 23.4. The molecule has 2 N–H and O–H groups in total. The van der Waals surface area contributed by atoms with Crippen LogP contribution in [0.3, 0.4) is 0 Å². The average molecular weight is 502 g/mol. The van der Waals surface area contributed by atoms with Crippen molar-refractivity contribution in [3.8, 4) is 0 Å². The number of guanidine groups is 1. The minimum atomic E-state index is 0. The van der Waals surface area contributed by atoms with Crippen LogP contribution >= 0.6 is 24.0 Å². The summed E-state index contributed by atoms with van der Waals surface area (Å²) in [6, 6.07) is 0. The number of halogens is 1. The van der Waals surface area contributed by atoms with E-state index in [0.29, 0.717) is 0 Å². The van der Waals surface area contributed by atoms with Crippen molar-refractivity contribution in [3.05, 3.63) is 11.6 Å². The van der Waals surface area contributed by atoms with Gasteiger partial charge in [0, 0.05) is 39.0 Å². The maximum absolute atomic E-state index is 4.77. The first-order valence-corrected chi connectivity index (χ1v) is 11.3. The zero-order valence-corrected chi connectivity index (χ0v) is 19.9. The van der Waals surface area contributed by atoms with E-state index in [1.54, 1.807) is 0 Å². The molecule has 2 heterocycles. The molecule has 0 atom stereocenters. The van der Waals surface area contributed by atoms with Crippen molar-refractivity contribution in [2.75, 3.05) is 19.6 Å². The summed E-state index contributed by atoms with van der Waals surface area (Å²) in [5, 5.41) is 15.7. The van der Waals surface area contributed by atoms with Crippen molar-refractivity contribution in [1.29, 1.82) is 0 Å². The Bertz CT molecular complexity index is 579. The lowest BCUT2D eigenvalue weighted by Gasteiger charge is -2.20. The Labute approximate surface area is 187 Å². The summed E-state index contributed by atoms with van der Waals surface area (Å²) in [7, 11) is 0. The number of fused-ring (bicyclic) bond motifs is 1. The largest absolute Gasteiger partial charge is 0.357 e. The number of nitrogens with zero attached hydrogens (tertiary/aromatic N) is 4. The van der Waals surface area contributed by atoms with E-state index in [1.165, 1.54) is 70.0 Å². The van der Waals surface area contributed by atoms with Crippen LogP contribution < -0.4 is 10.6 Å². The third-order valence-corrected chi connectivity index (χ3v) is 5.94. The monoisotopic (exact) mass is 502 g/mol. The molecule has 1 saturated carbocycles. The summed E-state index contributed by atoms with van der Waals surface area (Å²) < 4.78 is 2.34. The predicted molar refractivity (Wildman–Crippen MR) is 126 cm³/mol. The van der Waals surface area contributed by atoms with Crippen LogP contribution in [0.15, 0.2) is 4.99 Å². The maximum Gasteiger partial charge on any atom is 0.191 e. The van der Waals surface area contributed by atoms with Crippen molar-refractivity contribution in [3.63, 3.8) is 0 Å². The van der Waals surface area contributed by atoms with Gasteiger partial charge in [-0.2, -0.15) is 0 Å². The van der Waals surface area contributed by atoms with E-state index >= 15 is 0 Å². The molecule has 0 radical (unpaired) electrons. The van der Waals surface area contributed by atoms with E-state index in [-0.39, 0.29) is 24.0 Å². The van der Waals surface area contributed by atoms with E-state index in [2.05, 4.69) is 32.3 Å². The van der Waals surface area contributed by atoms with E-state index in [0.717, 1.165) is 56.7 Å². The van der Waals surface area contributed by atoms with Crippen molar-refractivity contribution in [1.82, 2.24) is 25.4 Å². The molecule has 0 amide bonds. The molecule has 160 valence electrons. The Balaban J connectivity index is 0.00000280. The van der Waals surface area contributed by atoms with E-state index < -0.39 is 0 Å². The molecule has 2 aliphatic rings. The van der Waals surface area contributed by atoms with Gasteiger partial charge in [-0.05, 0) is 38.5 Å². The van der Waals surface area contributed by atoms with Gasteiger partial charge in [-0.15, -0.1) is 34.2 Å². The van der Waals surface area contributed by atoms with Crippen LogP contribution in [0.5, 0.6) is 0 Å². The minimum absolute atomic E-state index is 0. The standard InChI is InChI=1S/C21H38N6.HI/c1-2-22-21(23-15-9-12-18-10-5-3-6-11-18)24-16-14-20-26-25-19-13-7-4-8-17-27(19)20;/h18H,2-17H2,1H3,(H2,22,23,24);1H. The van der Waals surface area contributed by atoms with Crippen LogP contribution in [0, 0.1) is 5.92 Å². The van der Waals surface area contributed by atoms with Crippen LogP contribution in [0.2, 0.25) is 0 Å². The zero-order chi connectivity index (χ0) is 18.7. The SMILES string of the molecule is CCNC(=NCCCC1CCCCC1)NCCc1nnc2n1CCCCC2.I. The van der Waals surface area contributed by atoms with Gasteiger partial charge in [0.15, 0.2) is 5.96 Å². The fourth-order valence-electron chi connectivity index (χ4n) is 4.41. The highest BCUT2D eigenvalue weighted by Gasteiger charge is 2.14. The highest BCUT2D eigenvalue weighted by Crippen LogP contribution is 2.27. The van der Waals surface area contributed by atoms with Gasteiger partial charge < -0.3 is 15.2 Å². The van der Waals surface area contributed by atoms with Gasteiger partial charge in [0.05, 0.1) is 0 Å². The van der Waals surface area contributed by atoms with Crippen LogP contribution in [-0.2, 0) is 19.4 Å². The molecular weight excluding hydrogens is 463 g/mol. The fraction of sp³-hybridized carbons (Fsp3) is 0.857. The third-order valence-electron chi connectivity index (χ3n) is 5.94. The zero-order valence-electron chi connectivity index (χ0n) is 17.6. The highest BCUT2D eigenvalue weighted by molar-refractivity contribution is 14.0. The molecule has 0 saturated heterocycles. The normalized spacial score (nSPS) is 18.1. The molecule has 0 aromatic carbocycles. The highest BCUT2D eigenvalue weighted by atomic mass is 127.